The Hall–Kier alpha value is -1.42. The molecular weight excluding hydrogens is 447 g/mol. The van der Waals surface area contributed by atoms with Gasteiger partial charge in [0.15, 0.2) is 5.96 Å². The lowest BCUT2D eigenvalue weighted by Crippen LogP contribution is -2.37. The van der Waals surface area contributed by atoms with Crippen LogP contribution in [0.25, 0.3) is 0 Å². The normalized spacial score (nSPS) is 11.0. The lowest BCUT2D eigenvalue weighted by molar-refractivity contribution is 0.790. The molecule has 2 rings (SSSR count). The Morgan fingerprint density at radius 2 is 2.04 bits per heavy atom. The van der Waals surface area contributed by atoms with Crippen LogP contribution in [-0.4, -0.2) is 43.6 Å². The van der Waals surface area contributed by atoms with Crippen LogP contribution in [0, 0.1) is 13.8 Å². The van der Waals surface area contributed by atoms with E-state index in [1.54, 1.807) is 18.4 Å². The Bertz CT molecular complexity index is 679. The maximum absolute atomic E-state index is 4.56. The molecule has 0 aliphatic rings. The van der Waals surface area contributed by atoms with Gasteiger partial charge in [-0.3, -0.25) is 4.99 Å². The van der Waals surface area contributed by atoms with Gasteiger partial charge in [-0.2, -0.15) is 0 Å². The first-order valence-corrected chi connectivity index (χ1v) is 8.81. The van der Waals surface area contributed by atoms with E-state index in [2.05, 4.69) is 45.5 Å². The van der Waals surface area contributed by atoms with E-state index in [9.17, 15) is 0 Å². The van der Waals surface area contributed by atoms with Crippen molar-refractivity contribution in [3.8, 4) is 0 Å². The summed E-state index contributed by atoms with van der Waals surface area (Å²) in [5.41, 5.74) is 2.30. The molecule has 0 amide bonds. The van der Waals surface area contributed by atoms with Gasteiger partial charge in [0, 0.05) is 51.7 Å². The fourth-order valence-corrected chi connectivity index (χ4v) is 3.09. The predicted molar refractivity (Wildman–Crippen MR) is 117 cm³/mol. The highest BCUT2D eigenvalue weighted by atomic mass is 127. The summed E-state index contributed by atoms with van der Waals surface area (Å²) in [5, 5.41) is 7.83. The highest BCUT2D eigenvalue weighted by Crippen LogP contribution is 2.16. The second-order valence-corrected chi connectivity index (χ2v) is 7.06. The Morgan fingerprint density at radius 3 is 2.64 bits per heavy atom. The van der Waals surface area contributed by atoms with E-state index in [0.29, 0.717) is 6.54 Å². The molecule has 0 saturated heterocycles. The van der Waals surface area contributed by atoms with E-state index >= 15 is 0 Å². The molecular formula is C17H27IN6S. The van der Waals surface area contributed by atoms with Gasteiger partial charge in [-0.15, -0.1) is 35.3 Å². The van der Waals surface area contributed by atoms with Crippen LogP contribution in [0.5, 0.6) is 0 Å². The lowest BCUT2D eigenvalue weighted by Gasteiger charge is -2.14. The van der Waals surface area contributed by atoms with Gasteiger partial charge < -0.3 is 15.5 Å². The predicted octanol–water partition coefficient (Wildman–Crippen LogP) is 2.75. The van der Waals surface area contributed by atoms with E-state index in [1.165, 1.54) is 10.4 Å². The maximum atomic E-state index is 4.56. The number of aromatic nitrogens is 2. The summed E-state index contributed by atoms with van der Waals surface area (Å²) in [6, 6.07) is 4.08. The van der Waals surface area contributed by atoms with Gasteiger partial charge in [0.25, 0.3) is 0 Å². The highest BCUT2D eigenvalue weighted by Gasteiger charge is 2.05. The molecule has 0 aromatic carbocycles. The second-order valence-electron chi connectivity index (χ2n) is 5.77. The molecule has 0 saturated carbocycles. The zero-order chi connectivity index (χ0) is 17.5. The fraction of sp³-hybridized carbons (Fsp3) is 0.471. The van der Waals surface area contributed by atoms with Crippen LogP contribution in [-0.2, 0) is 13.0 Å². The third-order valence-electron chi connectivity index (χ3n) is 3.66. The van der Waals surface area contributed by atoms with E-state index in [-0.39, 0.29) is 24.0 Å². The van der Waals surface area contributed by atoms with Crippen LogP contribution in [0.1, 0.15) is 21.1 Å². The standard InChI is InChI=1S/C17H26N6S.HI/c1-12-13(2)24-16(22-12)7-9-20-17(18-3)21-11-14-6-8-19-15(10-14)23(4)5;/h6,8,10H,7,9,11H2,1-5H3,(H2,18,20,21);1H. The molecule has 8 heteroatoms. The van der Waals surface area contributed by atoms with Gasteiger partial charge in [-0.05, 0) is 31.5 Å². The minimum atomic E-state index is 0. The van der Waals surface area contributed by atoms with Gasteiger partial charge >= 0.3 is 0 Å². The van der Waals surface area contributed by atoms with Gasteiger partial charge in [-0.25, -0.2) is 9.97 Å². The number of hydrogen-bond acceptors (Lipinski definition) is 5. The van der Waals surface area contributed by atoms with Gasteiger partial charge in [-0.1, -0.05) is 0 Å². The number of nitrogens with zero attached hydrogens (tertiary/aromatic N) is 4. The van der Waals surface area contributed by atoms with Gasteiger partial charge in [0.1, 0.15) is 5.82 Å². The fourth-order valence-electron chi connectivity index (χ4n) is 2.16. The number of hydrogen-bond donors (Lipinski definition) is 2. The van der Waals surface area contributed by atoms with E-state index < -0.39 is 0 Å². The molecule has 25 heavy (non-hydrogen) atoms. The third-order valence-corrected chi connectivity index (χ3v) is 4.79. The first-order chi connectivity index (χ1) is 11.5. The number of nitrogens with one attached hydrogen (secondary N) is 2. The first-order valence-electron chi connectivity index (χ1n) is 7.99. The Morgan fingerprint density at radius 1 is 1.28 bits per heavy atom. The van der Waals surface area contributed by atoms with Gasteiger partial charge in [0.05, 0.1) is 10.7 Å². The highest BCUT2D eigenvalue weighted by molar-refractivity contribution is 14.0. The Labute approximate surface area is 171 Å². The maximum Gasteiger partial charge on any atom is 0.191 e. The average molecular weight is 474 g/mol. The summed E-state index contributed by atoms with van der Waals surface area (Å²) in [5.74, 6) is 1.75. The molecule has 0 spiro atoms. The molecule has 2 N–H and O–H groups in total. The Balaban J connectivity index is 0.00000312. The first kappa shape index (κ1) is 21.6. The van der Waals surface area contributed by atoms with Gasteiger partial charge in [0.2, 0.25) is 0 Å². The number of anilines is 1. The molecule has 0 aliphatic heterocycles. The van der Waals surface area contributed by atoms with Crippen LogP contribution < -0.4 is 15.5 Å². The number of halogens is 1. The largest absolute Gasteiger partial charge is 0.363 e. The summed E-state index contributed by atoms with van der Waals surface area (Å²) in [4.78, 5) is 16.4. The van der Waals surface area contributed by atoms with Crippen LogP contribution in [0.2, 0.25) is 0 Å². The molecule has 0 atom stereocenters. The molecule has 138 valence electrons. The van der Waals surface area contributed by atoms with Crippen molar-refractivity contribution in [2.45, 2.75) is 26.8 Å². The van der Waals surface area contributed by atoms with Crippen LogP contribution >= 0.6 is 35.3 Å². The topological polar surface area (TPSA) is 65.4 Å². The van der Waals surface area contributed by atoms with Crippen molar-refractivity contribution in [2.75, 3.05) is 32.6 Å². The van der Waals surface area contributed by atoms with Crippen LogP contribution in [0.3, 0.4) is 0 Å². The molecule has 2 aromatic heterocycles. The zero-order valence-electron chi connectivity index (χ0n) is 15.5. The summed E-state index contributed by atoms with van der Waals surface area (Å²) in [7, 11) is 5.76. The minimum absolute atomic E-state index is 0. The summed E-state index contributed by atoms with van der Waals surface area (Å²) >= 11 is 1.77. The van der Waals surface area contributed by atoms with Crippen molar-refractivity contribution < 1.29 is 0 Å². The molecule has 2 aromatic rings. The van der Waals surface area contributed by atoms with Crippen LogP contribution in [0.15, 0.2) is 23.3 Å². The zero-order valence-corrected chi connectivity index (χ0v) is 18.6. The molecule has 0 bridgehead atoms. The molecule has 0 radical (unpaired) electrons. The molecule has 0 fully saturated rings. The Kier molecular flexibility index (Phi) is 9.12. The van der Waals surface area contributed by atoms with Crippen molar-refractivity contribution in [2.24, 2.45) is 4.99 Å². The van der Waals surface area contributed by atoms with Crippen molar-refractivity contribution in [1.82, 2.24) is 20.6 Å². The number of aryl methyl sites for hydroxylation is 2. The molecule has 2 heterocycles. The van der Waals surface area contributed by atoms with E-state index in [0.717, 1.165) is 35.4 Å². The van der Waals surface area contributed by atoms with Crippen molar-refractivity contribution in [3.63, 3.8) is 0 Å². The SMILES string of the molecule is CN=C(NCCc1nc(C)c(C)s1)NCc1ccnc(N(C)C)c1.I. The third kappa shape index (κ3) is 6.77. The number of aliphatic imine (C=N–C) groups is 1. The lowest BCUT2D eigenvalue weighted by atomic mass is 10.2. The van der Waals surface area contributed by atoms with E-state index in [1.807, 2.05) is 31.3 Å². The minimum Gasteiger partial charge on any atom is -0.363 e. The number of rotatable bonds is 6. The van der Waals surface area contributed by atoms with Crippen molar-refractivity contribution in [1.29, 1.82) is 0 Å². The summed E-state index contributed by atoms with van der Waals surface area (Å²) in [6.45, 7) is 5.69. The number of thiazole rings is 1. The van der Waals surface area contributed by atoms with Crippen molar-refractivity contribution in [3.05, 3.63) is 39.5 Å². The monoisotopic (exact) mass is 474 g/mol. The number of guanidine groups is 1. The van der Waals surface area contributed by atoms with Crippen LogP contribution in [0.4, 0.5) is 5.82 Å². The molecule has 0 unspecified atom stereocenters. The average Bonchev–Trinajstić information content (AvgIpc) is 2.89. The number of pyridine rings is 1. The quantitative estimate of drug-likeness (QED) is 0.383. The molecule has 0 aliphatic carbocycles. The summed E-state index contributed by atoms with van der Waals surface area (Å²) in [6.07, 6.45) is 2.73. The molecule has 6 nitrogen and oxygen atoms in total. The summed E-state index contributed by atoms with van der Waals surface area (Å²) < 4.78 is 0. The van der Waals surface area contributed by atoms with E-state index in [4.69, 9.17) is 0 Å². The smallest absolute Gasteiger partial charge is 0.191 e. The second kappa shape index (κ2) is 10.5. The van der Waals surface area contributed by atoms with Crippen molar-refractivity contribution >= 4 is 47.1 Å².